The second kappa shape index (κ2) is 9.29. The number of para-hydroxylation sites is 1. The van der Waals surface area contributed by atoms with Crippen molar-refractivity contribution in [3.8, 4) is 11.3 Å². The first-order valence-electron chi connectivity index (χ1n) is 12.9. The van der Waals surface area contributed by atoms with Crippen LogP contribution in [0, 0.1) is 6.92 Å². The van der Waals surface area contributed by atoms with Gasteiger partial charge in [-0.05, 0) is 73.9 Å². The molecule has 1 aromatic heterocycles. The van der Waals surface area contributed by atoms with Gasteiger partial charge in [-0.1, -0.05) is 71.8 Å². The molecule has 4 heteroatoms. The maximum atomic E-state index is 13.9. The molecule has 2 aliphatic rings. The molecule has 0 saturated carbocycles. The predicted octanol–water partition coefficient (Wildman–Crippen LogP) is 7.80. The molecule has 36 heavy (non-hydrogen) atoms. The summed E-state index contributed by atoms with van der Waals surface area (Å²) >= 11 is 6.12. The Morgan fingerprint density at radius 3 is 2.42 bits per heavy atom. The molecule has 2 heterocycles. The molecular formula is C32H31ClN2O. The number of carbonyl (C=O) groups excluding carboxylic acids is 1. The van der Waals surface area contributed by atoms with Crippen molar-refractivity contribution in [1.29, 1.82) is 0 Å². The Balaban J connectivity index is 1.52. The molecule has 1 aliphatic heterocycles. The first-order chi connectivity index (χ1) is 17.5. The van der Waals surface area contributed by atoms with E-state index in [1.807, 2.05) is 12.1 Å². The number of aromatic nitrogens is 1. The van der Waals surface area contributed by atoms with Crippen molar-refractivity contribution in [3.63, 3.8) is 0 Å². The maximum absolute atomic E-state index is 13.9. The third kappa shape index (κ3) is 3.87. The van der Waals surface area contributed by atoms with Gasteiger partial charge in [0.1, 0.15) is 0 Å². The lowest BCUT2D eigenvalue weighted by molar-refractivity contribution is -0.127. The van der Waals surface area contributed by atoms with E-state index in [-0.39, 0.29) is 11.9 Å². The van der Waals surface area contributed by atoms with Crippen LogP contribution in [0.25, 0.3) is 22.2 Å². The molecule has 0 N–H and O–H groups in total. The Kier molecular flexibility index (Phi) is 5.97. The van der Waals surface area contributed by atoms with Crippen LogP contribution >= 0.6 is 11.6 Å². The topological polar surface area (TPSA) is 25.2 Å². The van der Waals surface area contributed by atoms with E-state index in [0.29, 0.717) is 6.54 Å². The minimum Gasteiger partial charge on any atom is -0.343 e. The number of fused-ring (bicyclic) bond motifs is 1. The lowest BCUT2D eigenvalue weighted by atomic mass is 9.86. The smallest absolute Gasteiger partial charge is 0.250 e. The monoisotopic (exact) mass is 494 g/mol. The fourth-order valence-corrected chi connectivity index (χ4v) is 6.30. The van der Waals surface area contributed by atoms with Crippen LogP contribution in [0.4, 0.5) is 0 Å². The normalized spacial score (nSPS) is 17.8. The average molecular weight is 495 g/mol. The maximum Gasteiger partial charge on any atom is 0.250 e. The van der Waals surface area contributed by atoms with Crippen LogP contribution < -0.4 is 0 Å². The number of halogens is 1. The quantitative estimate of drug-likeness (QED) is 0.278. The van der Waals surface area contributed by atoms with E-state index < -0.39 is 0 Å². The number of aryl methyl sites for hydroxylation is 2. The van der Waals surface area contributed by atoms with Crippen LogP contribution in [0.1, 0.15) is 48.4 Å². The molecule has 3 aromatic carbocycles. The summed E-state index contributed by atoms with van der Waals surface area (Å²) in [4.78, 5) is 16.0. The zero-order valence-electron chi connectivity index (χ0n) is 20.9. The van der Waals surface area contributed by atoms with Crippen LogP contribution in [0.5, 0.6) is 0 Å². The van der Waals surface area contributed by atoms with Crippen LogP contribution in [-0.2, 0) is 18.3 Å². The Morgan fingerprint density at radius 1 is 0.917 bits per heavy atom. The van der Waals surface area contributed by atoms with E-state index >= 15 is 0 Å². The van der Waals surface area contributed by atoms with E-state index in [0.717, 1.165) is 42.7 Å². The number of hydrogen-bond donors (Lipinski definition) is 0. The molecular weight excluding hydrogens is 464 g/mol. The zero-order valence-corrected chi connectivity index (χ0v) is 21.7. The number of carbonyl (C=O) groups is 1. The van der Waals surface area contributed by atoms with E-state index in [2.05, 4.69) is 84.1 Å². The van der Waals surface area contributed by atoms with E-state index in [1.165, 1.54) is 44.4 Å². The fraction of sp³-hybridized carbons (Fsp3) is 0.281. The number of nitrogens with zero attached hydrogens (tertiary/aromatic N) is 2. The molecule has 0 bridgehead atoms. The molecule has 0 saturated heterocycles. The second-order valence-corrected chi connectivity index (χ2v) is 10.6. The lowest BCUT2D eigenvalue weighted by Gasteiger charge is -2.29. The highest BCUT2D eigenvalue weighted by Gasteiger charge is 2.42. The van der Waals surface area contributed by atoms with Crippen LogP contribution in [0.3, 0.4) is 0 Å². The van der Waals surface area contributed by atoms with Gasteiger partial charge in [-0.25, -0.2) is 0 Å². The summed E-state index contributed by atoms with van der Waals surface area (Å²) < 4.78 is 2.32. The van der Waals surface area contributed by atoms with Gasteiger partial charge in [0.15, 0.2) is 0 Å². The van der Waals surface area contributed by atoms with Gasteiger partial charge in [0.25, 0.3) is 5.91 Å². The minimum absolute atomic E-state index is 0.0255. The third-order valence-corrected chi connectivity index (χ3v) is 8.22. The highest BCUT2D eigenvalue weighted by atomic mass is 35.5. The summed E-state index contributed by atoms with van der Waals surface area (Å²) in [6.45, 7) is 2.81. The van der Waals surface area contributed by atoms with Crippen molar-refractivity contribution >= 4 is 28.4 Å². The van der Waals surface area contributed by atoms with Crippen molar-refractivity contribution in [2.75, 3.05) is 6.54 Å². The van der Waals surface area contributed by atoms with Crippen molar-refractivity contribution in [2.24, 2.45) is 7.05 Å². The first-order valence-corrected chi connectivity index (χ1v) is 13.3. The lowest BCUT2D eigenvalue weighted by Crippen LogP contribution is -2.32. The number of amides is 1. The molecule has 1 amide bonds. The summed E-state index contributed by atoms with van der Waals surface area (Å²) in [5, 5.41) is 1.98. The SMILES string of the molecule is Cc1ccc(-c2c(C3C4=C(CCCC4)C(=O)N3CCc3ccc(Cl)cc3)c3ccccc3n2C)cc1. The van der Waals surface area contributed by atoms with Crippen molar-refractivity contribution < 1.29 is 4.79 Å². The predicted molar refractivity (Wildman–Crippen MR) is 148 cm³/mol. The highest BCUT2D eigenvalue weighted by molar-refractivity contribution is 6.30. The zero-order chi connectivity index (χ0) is 24.8. The van der Waals surface area contributed by atoms with Gasteiger partial charge in [0.05, 0.1) is 11.7 Å². The number of hydrogen-bond acceptors (Lipinski definition) is 1. The van der Waals surface area contributed by atoms with Crippen molar-refractivity contribution in [3.05, 3.63) is 106 Å². The van der Waals surface area contributed by atoms with Gasteiger partial charge in [0.2, 0.25) is 0 Å². The molecule has 1 unspecified atom stereocenters. The molecule has 0 radical (unpaired) electrons. The van der Waals surface area contributed by atoms with Gasteiger partial charge in [-0.2, -0.15) is 0 Å². The highest BCUT2D eigenvalue weighted by Crippen LogP contribution is 2.49. The molecule has 182 valence electrons. The Morgan fingerprint density at radius 2 is 1.64 bits per heavy atom. The van der Waals surface area contributed by atoms with Crippen LogP contribution in [-0.4, -0.2) is 21.9 Å². The van der Waals surface area contributed by atoms with E-state index in [4.69, 9.17) is 11.6 Å². The largest absolute Gasteiger partial charge is 0.343 e. The molecule has 1 aliphatic carbocycles. The fourth-order valence-electron chi connectivity index (χ4n) is 6.17. The Bertz CT molecular complexity index is 1480. The Labute approximate surface area is 218 Å². The third-order valence-electron chi connectivity index (χ3n) is 7.97. The van der Waals surface area contributed by atoms with Gasteiger partial charge >= 0.3 is 0 Å². The molecule has 6 rings (SSSR count). The van der Waals surface area contributed by atoms with Crippen LogP contribution in [0.2, 0.25) is 5.02 Å². The number of rotatable bonds is 5. The molecule has 3 nitrogen and oxygen atoms in total. The van der Waals surface area contributed by atoms with Gasteiger partial charge < -0.3 is 9.47 Å². The van der Waals surface area contributed by atoms with Gasteiger partial charge in [-0.15, -0.1) is 0 Å². The van der Waals surface area contributed by atoms with Gasteiger partial charge in [0, 0.05) is 40.7 Å². The van der Waals surface area contributed by atoms with Crippen molar-refractivity contribution in [2.45, 2.75) is 45.1 Å². The first kappa shape index (κ1) is 23.1. The molecule has 4 aromatic rings. The number of benzene rings is 3. The van der Waals surface area contributed by atoms with Crippen LogP contribution in [0.15, 0.2) is 83.9 Å². The molecule has 0 fully saturated rings. The van der Waals surface area contributed by atoms with Gasteiger partial charge in [-0.3, -0.25) is 4.79 Å². The summed E-state index contributed by atoms with van der Waals surface area (Å²) in [7, 11) is 2.16. The standard InChI is InChI=1S/C32H31ClN2O/c1-21-11-15-23(16-12-21)30-29(27-9-5-6-10-28(27)34(30)2)31-25-7-3-4-8-26(25)32(36)35(31)20-19-22-13-17-24(33)18-14-22/h5-6,9-18,31H,3-4,7-8,19-20H2,1-2H3. The minimum atomic E-state index is -0.0255. The Hall–Kier alpha value is -3.30. The van der Waals surface area contributed by atoms with E-state index in [1.54, 1.807) is 0 Å². The van der Waals surface area contributed by atoms with Crippen molar-refractivity contribution in [1.82, 2.24) is 9.47 Å². The molecule has 1 atom stereocenters. The summed E-state index contributed by atoms with van der Waals surface area (Å²) in [5.41, 5.74) is 9.74. The second-order valence-electron chi connectivity index (χ2n) is 10.2. The summed E-state index contributed by atoms with van der Waals surface area (Å²) in [6, 6.07) is 25.4. The average Bonchev–Trinajstić information content (AvgIpc) is 3.35. The summed E-state index contributed by atoms with van der Waals surface area (Å²) in [6.07, 6.45) is 4.96. The molecule has 0 spiro atoms. The van der Waals surface area contributed by atoms with E-state index in [9.17, 15) is 4.79 Å². The summed E-state index contributed by atoms with van der Waals surface area (Å²) in [5.74, 6) is 0.228.